The topological polar surface area (TPSA) is 44.8 Å². The summed E-state index contributed by atoms with van der Waals surface area (Å²) in [5.74, 6) is 0. The van der Waals surface area contributed by atoms with Crippen LogP contribution in [0.2, 0.25) is 0 Å². The summed E-state index contributed by atoms with van der Waals surface area (Å²) in [6.45, 7) is 0.824. The van der Waals surface area contributed by atoms with Crippen molar-refractivity contribution in [2.24, 2.45) is 0 Å². The Morgan fingerprint density at radius 1 is 1.89 bits per heavy atom. The standard InChI is InChI=1S/C4H8O4P/c1-6-2-4-3-7-9(5)8-4/h4H,2-3H2,1H3/q+1. The molecule has 1 aliphatic rings. The molecule has 2 atom stereocenters. The van der Waals surface area contributed by atoms with E-state index < -0.39 is 8.25 Å². The fraction of sp³-hybridized carbons (Fsp3) is 1.00. The summed E-state index contributed by atoms with van der Waals surface area (Å²) in [7, 11) is -0.282. The minimum Gasteiger partial charge on any atom is -0.382 e. The molecule has 52 valence electrons. The van der Waals surface area contributed by atoms with Gasteiger partial charge in [-0.05, 0) is 0 Å². The van der Waals surface area contributed by atoms with Crippen molar-refractivity contribution in [3.8, 4) is 0 Å². The molecule has 0 aromatic heterocycles. The maximum absolute atomic E-state index is 10.4. The van der Waals surface area contributed by atoms with Crippen LogP contribution in [-0.4, -0.2) is 26.4 Å². The maximum Gasteiger partial charge on any atom is 0.697 e. The third kappa shape index (κ3) is 1.99. The molecule has 5 heteroatoms. The summed E-state index contributed by atoms with van der Waals surface area (Å²) in [5, 5.41) is 0. The van der Waals surface area contributed by atoms with Crippen LogP contribution in [-0.2, 0) is 18.3 Å². The zero-order chi connectivity index (χ0) is 6.69. The predicted octanol–water partition coefficient (Wildman–Crippen LogP) is 0.706. The van der Waals surface area contributed by atoms with Crippen molar-refractivity contribution >= 4 is 8.25 Å². The quantitative estimate of drug-likeness (QED) is 0.545. The Morgan fingerprint density at radius 3 is 3.11 bits per heavy atom. The molecule has 0 aromatic rings. The molecule has 4 nitrogen and oxygen atoms in total. The fourth-order valence-electron chi connectivity index (χ4n) is 0.591. The van der Waals surface area contributed by atoms with E-state index in [0.29, 0.717) is 13.2 Å². The number of hydrogen-bond acceptors (Lipinski definition) is 4. The minimum absolute atomic E-state index is 0.140. The van der Waals surface area contributed by atoms with E-state index in [4.69, 9.17) is 9.26 Å². The Kier molecular flexibility index (Phi) is 2.54. The highest BCUT2D eigenvalue weighted by atomic mass is 31.1. The van der Waals surface area contributed by atoms with Gasteiger partial charge in [-0.25, -0.2) is 0 Å². The van der Waals surface area contributed by atoms with Crippen molar-refractivity contribution in [2.75, 3.05) is 20.3 Å². The van der Waals surface area contributed by atoms with Crippen molar-refractivity contribution in [1.29, 1.82) is 0 Å². The molecule has 2 unspecified atom stereocenters. The smallest absolute Gasteiger partial charge is 0.382 e. The molecule has 1 rings (SSSR count). The fourth-order valence-corrected chi connectivity index (χ4v) is 1.30. The first-order valence-electron chi connectivity index (χ1n) is 2.59. The molecule has 0 aromatic carbocycles. The molecule has 0 spiro atoms. The van der Waals surface area contributed by atoms with Gasteiger partial charge in [0.25, 0.3) is 0 Å². The van der Waals surface area contributed by atoms with Crippen LogP contribution in [0.25, 0.3) is 0 Å². The lowest BCUT2D eigenvalue weighted by atomic mass is 10.4. The summed E-state index contributed by atoms with van der Waals surface area (Å²) in [4.78, 5) is 0. The monoisotopic (exact) mass is 151 g/mol. The summed E-state index contributed by atoms with van der Waals surface area (Å²) in [5.41, 5.74) is 0. The largest absolute Gasteiger partial charge is 0.697 e. The normalized spacial score (nSPS) is 31.2. The van der Waals surface area contributed by atoms with E-state index in [0.717, 1.165) is 0 Å². The maximum atomic E-state index is 10.4. The molecule has 1 fully saturated rings. The third-order valence-corrected chi connectivity index (χ3v) is 1.78. The van der Waals surface area contributed by atoms with Gasteiger partial charge in [-0.1, -0.05) is 0 Å². The second kappa shape index (κ2) is 3.22. The first-order chi connectivity index (χ1) is 4.33. The van der Waals surface area contributed by atoms with Crippen LogP contribution >= 0.6 is 8.25 Å². The molecule has 0 radical (unpaired) electrons. The zero-order valence-corrected chi connectivity index (χ0v) is 5.97. The molecular weight excluding hydrogens is 143 g/mol. The lowest BCUT2D eigenvalue weighted by Gasteiger charge is -1.96. The second-order valence-electron chi connectivity index (χ2n) is 1.70. The van der Waals surface area contributed by atoms with Crippen molar-refractivity contribution in [3.63, 3.8) is 0 Å². The number of hydrogen-bond donors (Lipinski definition) is 0. The lowest BCUT2D eigenvalue weighted by Crippen LogP contribution is -2.15. The number of rotatable bonds is 2. The highest BCUT2D eigenvalue weighted by Crippen LogP contribution is 2.32. The van der Waals surface area contributed by atoms with Crippen molar-refractivity contribution in [1.82, 2.24) is 0 Å². The van der Waals surface area contributed by atoms with E-state index in [1.807, 2.05) is 0 Å². The minimum atomic E-state index is -1.85. The van der Waals surface area contributed by atoms with Crippen LogP contribution < -0.4 is 0 Å². The van der Waals surface area contributed by atoms with Gasteiger partial charge in [-0.15, -0.1) is 9.05 Å². The summed E-state index contributed by atoms with van der Waals surface area (Å²) < 4.78 is 24.5. The van der Waals surface area contributed by atoms with Crippen molar-refractivity contribution < 1.29 is 18.3 Å². The second-order valence-corrected chi connectivity index (χ2v) is 2.62. The van der Waals surface area contributed by atoms with E-state index >= 15 is 0 Å². The summed E-state index contributed by atoms with van der Waals surface area (Å²) in [6.07, 6.45) is -0.140. The first kappa shape index (κ1) is 7.09. The average Bonchev–Trinajstić information content (AvgIpc) is 2.17. The van der Waals surface area contributed by atoms with Gasteiger partial charge in [0.05, 0.1) is 6.61 Å². The first-order valence-corrected chi connectivity index (χ1v) is 3.68. The molecule has 9 heavy (non-hydrogen) atoms. The van der Waals surface area contributed by atoms with Crippen molar-refractivity contribution in [2.45, 2.75) is 6.10 Å². The summed E-state index contributed by atoms with van der Waals surface area (Å²) >= 11 is 0. The Hall–Kier alpha value is -0.0200. The van der Waals surface area contributed by atoms with Gasteiger partial charge in [0.2, 0.25) is 0 Å². The molecule has 0 bridgehead atoms. The van der Waals surface area contributed by atoms with Gasteiger partial charge in [0.15, 0.2) is 6.10 Å². The van der Waals surface area contributed by atoms with Gasteiger partial charge in [0.1, 0.15) is 6.61 Å². The van der Waals surface area contributed by atoms with Gasteiger partial charge in [-0.2, -0.15) is 0 Å². The SMILES string of the molecule is COCC1CO[P+](=O)O1. The molecule has 1 aliphatic heterocycles. The number of methoxy groups -OCH3 is 1. The van der Waals surface area contributed by atoms with Crippen LogP contribution in [0.3, 0.4) is 0 Å². The zero-order valence-electron chi connectivity index (χ0n) is 5.07. The molecule has 0 N–H and O–H groups in total. The lowest BCUT2D eigenvalue weighted by molar-refractivity contribution is 0.0956. The molecule has 1 saturated heterocycles. The third-order valence-electron chi connectivity index (χ3n) is 0.954. The van der Waals surface area contributed by atoms with E-state index in [1.54, 1.807) is 7.11 Å². The highest BCUT2D eigenvalue weighted by molar-refractivity contribution is 7.33. The molecular formula is C4H8O4P+. The molecule has 1 heterocycles. The van der Waals surface area contributed by atoms with Crippen LogP contribution in [0.15, 0.2) is 0 Å². The molecule has 0 saturated carbocycles. The van der Waals surface area contributed by atoms with Crippen LogP contribution in [0.1, 0.15) is 0 Å². The summed E-state index contributed by atoms with van der Waals surface area (Å²) in [6, 6.07) is 0. The van der Waals surface area contributed by atoms with Crippen LogP contribution in [0.5, 0.6) is 0 Å². The average molecular weight is 151 g/mol. The van der Waals surface area contributed by atoms with Gasteiger partial charge in [-0.3, -0.25) is 0 Å². The predicted molar refractivity (Wildman–Crippen MR) is 30.3 cm³/mol. The van der Waals surface area contributed by atoms with E-state index in [-0.39, 0.29) is 6.10 Å². The van der Waals surface area contributed by atoms with Gasteiger partial charge in [0, 0.05) is 11.7 Å². The molecule has 0 aliphatic carbocycles. The van der Waals surface area contributed by atoms with Crippen LogP contribution in [0, 0.1) is 0 Å². The number of ether oxygens (including phenoxy) is 1. The van der Waals surface area contributed by atoms with Gasteiger partial charge >= 0.3 is 8.25 Å². The Balaban J connectivity index is 2.22. The van der Waals surface area contributed by atoms with E-state index in [2.05, 4.69) is 4.52 Å². The van der Waals surface area contributed by atoms with E-state index in [1.165, 1.54) is 0 Å². The Morgan fingerprint density at radius 2 is 2.67 bits per heavy atom. The highest BCUT2D eigenvalue weighted by Gasteiger charge is 2.37. The van der Waals surface area contributed by atoms with E-state index in [9.17, 15) is 4.57 Å². The Bertz CT molecular complexity index is 115. The Labute approximate surface area is 54.0 Å². The van der Waals surface area contributed by atoms with Crippen LogP contribution in [0.4, 0.5) is 0 Å². The van der Waals surface area contributed by atoms with Crippen molar-refractivity contribution in [3.05, 3.63) is 0 Å². The van der Waals surface area contributed by atoms with Gasteiger partial charge < -0.3 is 4.74 Å². The molecule has 0 amide bonds.